The van der Waals surface area contributed by atoms with Gasteiger partial charge in [-0.15, -0.1) is 0 Å². The summed E-state index contributed by atoms with van der Waals surface area (Å²) < 4.78 is 0. The topological polar surface area (TPSA) is 40.6 Å². The third-order valence-corrected chi connectivity index (χ3v) is 5.51. The van der Waals surface area contributed by atoms with Gasteiger partial charge in [-0.25, -0.2) is 0 Å². The molecule has 0 radical (unpaired) electrons. The molecule has 1 aromatic rings. The van der Waals surface area contributed by atoms with Gasteiger partial charge in [0.25, 0.3) is 0 Å². The molecule has 0 aliphatic carbocycles. The van der Waals surface area contributed by atoms with Crippen LogP contribution >= 0.6 is 0 Å². The lowest BCUT2D eigenvalue weighted by Gasteiger charge is -2.48. The van der Waals surface area contributed by atoms with Crippen LogP contribution < -0.4 is 0 Å². The smallest absolute Gasteiger partial charge is 0.226 e. The molecule has 2 aliphatic heterocycles. The van der Waals surface area contributed by atoms with Crippen molar-refractivity contribution in [3.8, 4) is 0 Å². The first-order valence-corrected chi connectivity index (χ1v) is 9.32. The van der Waals surface area contributed by atoms with Gasteiger partial charge in [0.15, 0.2) is 0 Å². The maximum Gasteiger partial charge on any atom is 0.226 e. The molecule has 2 amide bonds. The quantitative estimate of drug-likeness (QED) is 0.789. The van der Waals surface area contributed by atoms with Crippen molar-refractivity contribution in [3.05, 3.63) is 48.0 Å². The van der Waals surface area contributed by atoms with E-state index in [0.717, 1.165) is 38.9 Å². The van der Waals surface area contributed by atoms with Gasteiger partial charge in [0.05, 0.1) is 0 Å². The number of carbonyl (C=O) groups is 2. The second kappa shape index (κ2) is 7.85. The van der Waals surface area contributed by atoms with Crippen LogP contribution in [0.1, 0.15) is 44.6 Å². The van der Waals surface area contributed by atoms with E-state index in [0.29, 0.717) is 19.4 Å². The van der Waals surface area contributed by atoms with Gasteiger partial charge in [0.1, 0.15) is 0 Å². The van der Waals surface area contributed by atoms with E-state index in [2.05, 4.69) is 12.1 Å². The molecule has 4 nitrogen and oxygen atoms in total. The van der Waals surface area contributed by atoms with E-state index in [1.165, 1.54) is 5.56 Å². The number of hydrogen-bond donors (Lipinski definition) is 0. The maximum absolute atomic E-state index is 12.4. The van der Waals surface area contributed by atoms with E-state index < -0.39 is 0 Å². The fraction of sp³-hybridized carbons (Fsp3) is 0.524. The molecule has 1 spiro atoms. The Kier molecular flexibility index (Phi) is 5.57. The third-order valence-electron chi connectivity index (χ3n) is 5.51. The second-order valence-electron chi connectivity index (χ2n) is 7.43. The van der Waals surface area contributed by atoms with Crippen LogP contribution in [0.5, 0.6) is 0 Å². The van der Waals surface area contributed by atoms with Gasteiger partial charge in [-0.05, 0) is 31.7 Å². The van der Waals surface area contributed by atoms with Gasteiger partial charge >= 0.3 is 0 Å². The zero-order chi connectivity index (χ0) is 17.7. The minimum absolute atomic E-state index is 0.0759. The van der Waals surface area contributed by atoms with Gasteiger partial charge in [-0.3, -0.25) is 9.59 Å². The largest absolute Gasteiger partial charge is 0.342 e. The summed E-state index contributed by atoms with van der Waals surface area (Å²) in [6.07, 6.45) is 8.00. The first-order valence-electron chi connectivity index (χ1n) is 9.32. The fourth-order valence-electron chi connectivity index (χ4n) is 4.15. The molecule has 0 N–H and O–H groups in total. The summed E-state index contributed by atoms with van der Waals surface area (Å²) >= 11 is 0. The van der Waals surface area contributed by atoms with Crippen LogP contribution in [0.4, 0.5) is 0 Å². The maximum atomic E-state index is 12.4. The van der Waals surface area contributed by atoms with Crippen LogP contribution in [0.15, 0.2) is 42.5 Å². The number of nitrogens with zero attached hydrogens (tertiary/aromatic N) is 2. The van der Waals surface area contributed by atoms with Crippen LogP contribution in [-0.4, -0.2) is 41.2 Å². The van der Waals surface area contributed by atoms with Gasteiger partial charge in [-0.2, -0.15) is 0 Å². The van der Waals surface area contributed by atoms with Crippen molar-refractivity contribution in [2.45, 2.75) is 45.6 Å². The molecule has 0 aromatic heterocycles. The Morgan fingerprint density at radius 1 is 1.20 bits per heavy atom. The van der Waals surface area contributed by atoms with Crippen molar-refractivity contribution < 1.29 is 9.59 Å². The van der Waals surface area contributed by atoms with Gasteiger partial charge in [0, 0.05) is 44.4 Å². The van der Waals surface area contributed by atoms with E-state index in [4.69, 9.17) is 0 Å². The molecule has 1 aromatic carbocycles. The van der Waals surface area contributed by atoms with Gasteiger partial charge in [0.2, 0.25) is 11.8 Å². The molecule has 0 saturated carbocycles. The Hall–Kier alpha value is -2.10. The second-order valence-corrected chi connectivity index (χ2v) is 7.43. The monoisotopic (exact) mass is 340 g/mol. The zero-order valence-corrected chi connectivity index (χ0v) is 15.1. The summed E-state index contributed by atoms with van der Waals surface area (Å²) in [7, 11) is 0. The Labute approximate surface area is 150 Å². The number of allylic oxidation sites excluding steroid dienone is 1. The summed E-state index contributed by atoms with van der Waals surface area (Å²) in [5.41, 5.74) is 1.25. The molecule has 2 fully saturated rings. The van der Waals surface area contributed by atoms with Gasteiger partial charge in [-0.1, -0.05) is 42.5 Å². The molecule has 2 heterocycles. The van der Waals surface area contributed by atoms with Gasteiger partial charge < -0.3 is 9.80 Å². The molecule has 0 bridgehead atoms. The molecule has 134 valence electrons. The minimum Gasteiger partial charge on any atom is -0.342 e. The van der Waals surface area contributed by atoms with E-state index >= 15 is 0 Å². The highest BCUT2D eigenvalue weighted by Crippen LogP contribution is 2.39. The Bertz CT molecular complexity index is 641. The van der Waals surface area contributed by atoms with Crippen molar-refractivity contribution >= 4 is 11.8 Å². The predicted octanol–water partition coefficient (Wildman–Crippen LogP) is 3.38. The summed E-state index contributed by atoms with van der Waals surface area (Å²) in [5.74, 6) is 0.454. The molecule has 4 heteroatoms. The third kappa shape index (κ3) is 4.30. The summed E-state index contributed by atoms with van der Waals surface area (Å²) in [6.45, 7) is 5.04. The molecule has 2 aliphatic rings. The Morgan fingerprint density at radius 2 is 2.00 bits per heavy atom. The van der Waals surface area contributed by atoms with Crippen molar-refractivity contribution in [1.29, 1.82) is 0 Å². The molecular formula is C21H28N2O2. The first kappa shape index (κ1) is 17.7. The van der Waals surface area contributed by atoms with Crippen LogP contribution in [-0.2, 0) is 16.1 Å². The van der Waals surface area contributed by atoms with E-state index in [-0.39, 0.29) is 17.2 Å². The first-order chi connectivity index (χ1) is 12.1. The molecular weight excluding hydrogens is 312 g/mol. The number of piperidine rings is 2. The zero-order valence-electron chi connectivity index (χ0n) is 15.1. The van der Waals surface area contributed by atoms with Crippen LogP contribution in [0.3, 0.4) is 0 Å². The highest BCUT2D eigenvalue weighted by atomic mass is 16.2. The highest BCUT2D eigenvalue weighted by Gasteiger charge is 2.42. The average molecular weight is 340 g/mol. The average Bonchev–Trinajstić information content (AvgIpc) is 2.64. The standard InChI is InChI=1S/C21H28N2O2/c1-2-3-10-19(24)22-14-7-12-21(16-22)13-11-20(25)23(17-21)15-18-8-5-4-6-9-18/h2-6,8-9H,7,10-17H2,1H3/b3-2+/t21-/m0/s1. The van der Waals surface area contributed by atoms with Crippen LogP contribution in [0.2, 0.25) is 0 Å². The number of amides is 2. The minimum atomic E-state index is 0.0759. The Balaban J connectivity index is 1.68. The lowest BCUT2D eigenvalue weighted by atomic mass is 9.73. The molecule has 1 atom stereocenters. The molecule has 3 rings (SSSR count). The fourth-order valence-corrected chi connectivity index (χ4v) is 4.15. The van der Waals surface area contributed by atoms with Crippen molar-refractivity contribution in [3.63, 3.8) is 0 Å². The lowest BCUT2D eigenvalue weighted by molar-refractivity contribution is -0.143. The summed E-state index contributed by atoms with van der Waals surface area (Å²) in [6, 6.07) is 10.2. The van der Waals surface area contributed by atoms with E-state index in [1.54, 1.807) is 0 Å². The number of carbonyl (C=O) groups excluding carboxylic acids is 2. The summed E-state index contributed by atoms with van der Waals surface area (Å²) in [4.78, 5) is 28.8. The van der Waals surface area contributed by atoms with Crippen molar-refractivity contribution in [2.75, 3.05) is 19.6 Å². The van der Waals surface area contributed by atoms with Crippen LogP contribution in [0.25, 0.3) is 0 Å². The van der Waals surface area contributed by atoms with Crippen LogP contribution in [0, 0.1) is 5.41 Å². The van der Waals surface area contributed by atoms with Crippen molar-refractivity contribution in [1.82, 2.24) is 9.80 Å². The molecule has 25 heavy (non-hydrogen) atoms. The summed E-state index contributed by atoms with van der Waals surface area (Å²) in [5, 5.41) is 0. The number of hydrogen-bond acceptors (Lipinski definition) is 2. The highest BCUT2D eigenvalue weighted by molar-refractivity contribution is 5.78. The molecule has 0 unspecified atom stereocenters. The van der Waals surface area contributed by atoms with Crippen molar-refractivity contribution in [2.24, 2.45) is 5.41 Å². The normalized spacial score (nSPS) is 24.3. The number of likely N-dealkylation sites (tertiary alicyclic amines) is 2. The Morgan fingerprint density at radius 3 is 2.76 bits per heavy atom. The van der Waals surface area contributed by atoms with E-state index in [9.17, 15) is 9.59 Å². The number of benzene rings is 1. The SMILES string of the molecule is C/C=C/CC(=O)N1CCC[C@]2(CCC(=O)N(Cc3ccccc3)C2)C1. The predicted molar refractivity (Wildman–Crippen MR) is 98.8 cm³/mol. The lowest BCUT2D eigenvalue weighted by Crippen LogP contribution is -2.54. The van der Waals surface area contributed by atoms with E-state index in [1.807, 2.05) is 47.1 Å². The number of rotatable bonds is 4. The molecule has 2 saturated heterocycles.